The van der Waals surface area contributed by atoms with Crippen molar-refractivity contribution in [1.29, 1.82) is 0 Å². The van der Waals surface area contributed by atoms with Gasteiger partial charge in [-0.3, -0.25) is 24.2 Å². The van der Waals surface area contributed by atoms with Crippen molar-refractivity contribution < 1.29 is 34.2 Å². The number of aromatic nitrogens is 1. The number of fused-ring (bicyclic) bond motifs is 1. The molecule has 0 saturated heterocycles. The van der Waals surface area contributed by atoms with Crippen LogP contribution in [0.1, 0.15) is 24.8 Å². The molecule has 3 amide bonds. The van der Waals surface area contributed by atoms with Crippen LogP contribution in [0.2, 0.25) is 0 Å². The second-order valence-corrected chi connectivity index (χ2v) is 8.45. The summed E-state index contributed by atoms with van der Waals surface area (Å²) in [6.07, 6.45) is 1.38. The van der Waals surface area contributed by atoms with Crippen LogP contribution in [0.25, 0.3) is 10.9 Å². The van der Waals surface area contributed by atoms with Crippen LogP contribution >= 0.6 is 0 Å². The van der Waals surface area contributed by atoms with E-state index in [1.54, 1.807) is 18.3 Å². The van der Waals surface area contributed by atoms with Crippen LogP contribution in [0.3, 0.4) is 0 Å². The zero-order valence-electron chi connectivity index (χ0n) is 20.5. The van der Waals surface area contributed by atoms with Gasteiger partial charge >= 0.3 is 11.9 Å². The first kappa shape index (κ1) is 29.6. The molecule has 1 aromatic heterocycles. The Bertz CT molecular complexity index is 1190. The van der Waals surface area contributed by atoms with E-state index in [4.69, 9.17) is 17.2 Å². The highest BCUT2D eigenvalue weighted by Crippen LogP contribution is 2.19. The van der Waals surface area contributed by atoms with Gasteiger partial charge in [-0.25, -0.2) is 4.79 Å². The van der Waals surface area contributed by atoms with Crippen molar-refractivity contribution in [3.63, 3.8) is 0 Å². The Hall–Kier alpha value is -4.66. The topological polar surface area (TPSA) is 268 Å². The highest BCUT2D eigenvalue weighted by atomic mass is 16.4. The molecule has 206 valence electrons. The van der Waals surface area contributed by atoms with Crippen molar-refractivity contribution in [2.45, 2.75) is 43.8 Å². The van der Waals surface area contributed by atoms with Crippen molar-refractivity contribution in [3.8, 4) is 0 Å². The number of aromatic amines is 1. The molecule has 38 heavy (non-hydrogen) atoms. The van der Waals surface area contributed by atoms with Crippen LogP contribution in [0, 0.1) is 0 Å². The van der Waals surface area contributed by atoms with Gasteiger partial charge in [0.25, 0.3) is 0 Å². The molecule has 1 heterocycles. The minimum atomic E-state index is -1.59. The number of nitrogens with zero attached hydrogens (tertiary/aromatic N) is 1. The van der Waals surface area contributed by atoms with Gasteiger partial charge in [0.2, 0.25) is 17.7 Å². The molecule has 0 aliphatic heterocycles. The summed E-state index contributed by atoms with van der Waals surface area (Å²) in [5.74, 6) is -5.35. The first-order valence-electron chi connectivity index (χ1n) is 11.7. The Morgan fingerprint density at radius 2 is 1.71 bits per heavy atom. The van der Waals surface area contributed by atoms with E-state index in [-0.39, 0.29) is 25.3 Å². The summed E-state index contributed by atoms with van der Waals surface area (Å²) in [4.78, 5) is 67.1. The molecule has 1 aromatic carbocycles. The molecule has 12 N–H and O–H groups in total. The maximum atomic E-state index is 12.8. The van der Waals surface area contributed by atoms with E-state index in [0.717, 1.165) is 10.9 Å². The van der Waals surface area contributed by atoms with Gasteiger partial charge < -0.3 is 48.3 Å². The van der Waals surface area contributed by atoms with Crippen molar-refractivity contribution >= 4 is 46.5 Å². The second-order valence-electron chi connectivity index (χ2n) is 8.45. The minimum absolute atomic E-state index is 0.0873. The van der Waals surface area contributed by atoms with Gasteiger partial charge in [-0.1, -0.05) is 18.2 Å². The van der Waals surface area contributed by atoms with Crippen molar-refractivity contribution in [1.82, 2.24) is 20.9 Å². The summed E-state index contributed by atoms with van der Waals surface area (Å²) in [5, 5.41) is 26.4. The van der Waals surface area contributed by atoms with Crippen molar-refractivity contribution in [3.05, 3.63) is 36.0 Å². The van der Waals surface area contributed by atoms with Gasteiger partial charge in [-0.15, -0.1) is 0 Å². The van der Waals surface area contributed by atoms with E-state index in [9.17, 15) is 34.2 Å². The number of aliphatic imine (C=N–C) groups is 1. The number of hydrogen-bond acceptors (Lipinski definition) is 7. The van der Waals surface area contributed by atoms with Crippen molar-refractivity contribution in [2.75, 3.05) is 13.1 Å². The number of nitrogens with one attached hydrogen (secondary N) is 4. The van der Waals surface area contributed by atoms with Gasteiger partial charge in [0.15, 0.2) is 5.96 Å². The normalized spacial score (nSPS) is 13.1. The third-order valence-corrected chi connectivity index (χ3v) is 5.47. The second kappa shape index (κ2) is 14.2. The standard InChI is InChI=1S/C23H32N8O7/c24-14(5-3-7-27-23(25)26)20(35)29-11-18(32)30-16(9-19(33)34)21(36)31-17(22(37)38)8-12-10-28-15-6-2-1-4-13(12)15/h1-2,4,6,10,14,16-17,28H,3,5,7-9,11,24H2,(H,29,35)(H,30,32)(H,31,36)(H,33,34)(H,37,38)(H4,25,26,27)/t14-,16?,17?/m1/s1. The van der Waals surface area contributed by atoms with E-state index in [1.807, 2.05) is 12.1 Å². The lowest BCUT2D eigenvalue weighted by molar-refractivity contribution is -0.143. The summed E-state index contributed by atoms with van der Waals surface area (Å²) in [6, 6.07) is 3.26. The Morgan fingerprint density at radius 3 is 2.37 bits per heavy atom. The number of carboxylic acid groups (broad SMARTS) is 2. The lowest BCUT2D eigenvalue weighted by Gasteiger charge is -2.21. The van der Waals surface area contributed by atoms with Gasteiger partial charge in [0.1, 0.15) is 12.1 Å². The molecule has 0 bridgehead atoms. The number of carboxylic acids is 2. The summed E-state index contributed by atoms with van der Waals surface area (Å²) in [7, 11) is 0. The monoisotopic (exact) mass is 532 g/mol. The fraction of sp³-hybridized carbons (Fsp3) is 0.391. The number of guanidine groups is 1. The third kappa shape index (κ3) is 9.42. The zero-order chi connectivity index (χ0) is 28.2. The van der Waals surface area contributed by atoms with Crippen LogP contribution in [0.4, 0.5) is 0 Å². The number of benzene rings is 1. The minimum Gasteiger partial charge on any atom is -0.481 e. The van der Waals surface area contributed by atoms with Gasteiger partial charge in [-0.2, -0.15) is 0 Å². The molecule has 3 atom stereocenters. The fourth-order valence-corrected chi connectivity index (χ4v) is 3.57. The first-order valence-corrected chi connectivity index (χ1v) is 11.7. The maximum Gasteiger partial charge on any atom is 0.326 e. The molecule has 2 rings (SSSR count). The number of aliphatic carboxylic acids is 2. The zero-order valence-corrected chi connectivity index (χ0v) is 20.5. The van der Waals surface area contributed by atoms with Crippen LogP contribution in [-0.2, 0) is 30.4 Å². The quantitative estimate of drug-likeness (QED) is 0.0674. The van der Waals surface area contributed by atoms with E-state index in [1.165, 1.54) is 0 Å². The molecule has 0 fully saturated rings. The maximum absolute atomic E-state index is 12.8. The molecule has 0 aliphatic rings. The number of carbonyl (C=O) groups is 5. The Labute approximate surface area is 217 Å². The number of carbonyl (C=O) groups excluding carboxylic acids is 3. The Balaban J connectivity index is 1.95. The average Bonchev–Trinajstić information content (AvgIpc) is 3.26. The molecule has 0 aliphatic carbocycles. The predicted octanol–water partition coefficient (Wildman–Crippen LogP) is -2.26. The largest absolute Gasteiger partial charge is 0.481 e. The molecular formula is C23H32N8O7. The highest BCUT2D eigenvalue weighted by molar-refractivity contribution is 5.94. The fourth-order valence-electron chi connectivity index (χ4n) is 3.57. The lowest BCUT2D eigenvalue weighted by Crippen LogP contribution is -2.54. The third-order valence-electron chi connectivity index (χ3n) is 5.47. The first-order chi connectivity index (χ1) is 18.0. The molecular weight excluding hydrogens is 500 g/mol. The molecule has 2 aromatic rings. The van der Waals surface area contributed by atoms with E-state index < -0.39 is 60.8 Å². The van der Waals surface area contributed by atoms with Gasteiger partial charge in [0, 0.05) is 30.1 Å². The summed E-state index contributed by atoms with van der Waals surface area (Å²) in [6.45, 7) is -0.311. The Morgan fingerprint density at radius 1 is 1.00 bits per heavy atom. The molecule has 0 spiro atoms. The summed E-state index contributed by atoms with van der Waals surface area (Å²) in [5.41, 5.74) is 17.6. The predicted molar refractivity (Wildman–Crippen MR) is 137 cm³/mol. The SMILES string of the molecule is NC(N)=NCCC[C@@H](N)C(=O)NCC(=O)NC(CC(=O)O)C(=O)NC(Cc1c[nH]c2ccccc12)C(=O)O. The van der Waals surface area contributed by atoms with E-state index in [0.29, 0.717) is 12.0 Å². The number of amides is 3. The highest BCUT2D eigenvalue weighted by Gasteiger charge is 2.29. The van der Waals surface area contributed by atoms with Gasteiger partial charge in [-0.05, 0) is 24.5 Å². The Kier molecular flexibility index (Phi) is 11.0. The van der Waals surface area contributed by atoms with Crippen LogP contribution in [0.15, 0.2) is 35.5 Å². The molecule has 2 unspecified atom stereocenters. The van der Waals surface area contributed by atoms with Crippen LogP contribution < -0.4 is 33.2 Å². The number of rotatable bonds is 15. The van der Waals surface area contributed by atoms with Crippen molar-refractivity contribution in [2.24, 2.45) is 22.2 Å². The van der Waals surface area contributed by atoms with E-state index in [2.05, 4.69) is 25.9 Å². The molecule has 15 heteroatoms. The molecule has 0 radical (unpaired) electrons. The number of H-pyrrole nitrogens is 1. The number of para-hydroxylation sites is 1. The number of nitrogens with two attached hydrogens (primary N) is 3. The van der Waals surface area contributed by atoms with Crippen LogP contribution in [0.5, 0.6) is 0 Å². The summed E-state index contributed by atoms with van der Waals surface area (Å²) < 4.78 is 0. The van der Waals surface area contributed by atoms with Gasteiger partial charge in [0.05, 0.1) is 19.0 Å². The smallest absolute Gasteiger partial charge is 0.326 e. The van der Waals surface area contributed by atoms with E-state index >= 15 is 0 Å². The molecule has 15 nitrogen and oxygen atoms in total. The molecule has 0 saturated carbocycles. The number of hydrogen-bond donors (Lipinski definition) is 9. The van der Waals surface area contributed by atoms with Crippen LogP contribution in [-0.4, -0.2) is 82.0 Å². The summed E-state index contributed by atoms with van der Waals surface area (Å²) >= 11 is 0. The average molecular weight is 533 g/mol. The lowest BCUT2D eigenvalue weighted by atomic mass is 10.0.